The van der Waals surface area contributed by atoms with Crippen LogP contribution in [0.2, 0.25) is 0 Å². The van der Waals surface area contributed by atoms with E-state index in [1.165, 1.54) is 0 Å². The lowest BCUT2D eigenvalue weighted by molar-refractivity contribution is 0.0535. The number of ether oxygens (including phenoxy) is 2. The Kier molecular flexibility index (Phi) is 5.38. The number of hydrogen-bond acceptors (Lipinski definition) is 6. The Morgan fingerprint density at radius 3 is 2.65 bits per heavy atom. The van der Waals surface area contributed by atoms with Crippen LogP contribution in [0.15, 0.2) is 24.3 Å². The molecule has 1 aromatic carbocycles. The maximum atomic E-state index is 9.53. The summed E-state index contributed by atoms with van der Waals surface area (Å²) in [6.07, 6.45) is 1.75. The third-order valence-corrected chi connectivity index (χ3v) is 5.29. The zero-order valence-electron chi connectivity index (χ0n) is 15.5. The summed E-state index contributed by atoms with van der Waals surface area (Å²) in [5.41, 5.74) is 3.21. The fraction of sp³-hybridized carbons (Fsp3) is 0.450. The zero-order valence-corrected chi connectivity index (χ0v) is 15.5. The molecule has 1 aliphatic rings. The maximum Gasteiger partial charge on any atom is 0.166 e. The highest BCUT2D eigenvalue weighted by Gasteiger charge is 2.37. The van der Waals surface area contributed by atoms with Crippen molar-refractivity contribution in [2.45, 2.75) is 32.1 Å². The largest absolute Gasteiger partial charge is 0.496 e. The SMILES string of the molecule is COc1ccccc1C1(CNc2nnc(C)c(C)c2C#N)CCOCC1. The third kappa shape index (κ3) is 3.35. The van der Waals surface area contributed by atoms with E-state index in [-0.39, 0.29) is 5.41 Å². The van der Waals surface area contributed by atoms with Crippen LogP contribution in [-0.4, -0.2) is 37.1 Å². The first kappa shape index (κ1) is 18.2. The van der Waals surface area contributed by atoms with Crippen LogP contribution in [0.1, 0.15) is 35.2 Å². The van der Waals surface area contributed by atoms with Crippen molar-refractivity contribution in [3.8, 4) is 11.8 Å². The molecule has 136 valence electrons. The maximum absolute atomic E-state index is 9.53. The van der Waals surface area contributed by atoms with Gasteiger partial charge in [-0.2, -0.15) is 10.4 Å². The van der Waals surface area contributed by atoms with Crippen molar-refractivity contribution in [2.24, 2.45) is 0 Å². The van der Waals surface area contributed by atoms with Gasteiger partial charge in [-0.3, -0.25) is 0 Å². The van der Waals surface area contributed by atoms with E-state index in [2.05, 4.69) is 27.6 Å². The van der Waals surface area contributed by atoms with E-state index in [1.54, 1.807) is 7.11 Å². The van der Waals surface area contributed by atoms with Crippen molar-refractivity contribution in [1.29, 1.82) is 5.26 Å². The van der Waals surface area contributed by atoms with Gasteiger partial charge >= 0.3 is 0 Å². The number of para-hydroxylation sites is 1. The molecule has 1 fully saturated rings. The predicted octanol–water partition coefficient (Wildman–Crippen LogP) is 3.13. The molecule has 0 amide bonds. The van der Waals surface area contributed by atoms with Gasteiger partial charge in [0.25, 0.3) is 0 Å². The zero-order chi connectivity index (χ0) is 18.6. The average Bonchev–Trinajstić information content (AvgIpc) is 2.69. The fourth-order valence-corrected chi connectivity index (χ4v) is 3.51. The van der Waals surface area contributed by atoms with E-state index in [4.69, 9.17) is 9.47 Å². The molecule has 0 spiro atoms. The number of aromatic nitrogens is 2. The number of nitrogens with zero attached hydrogens (tertiary/aromatic N) is 3. The Balaban J connectivity index is 1.94. The third-order valence-electron chi connectivity index (χ3n) is 5.29. The van der Waals surface area contributed by atoms with Crippen LogP contribution in [0.25, 0.3) is 0 Å². The second kappa shape index (κ2) is 7.71. The number of anilines is 1. The van der Waals surface area contributed by atoms with Crippen LogP contribution in [0.5, 0.6) is 5.75 Å². The summed E-state index contributed by atoms with van der Waals surface area (Å²) in [5, 5.41) is 21.3. The topological polar surface area (TPSA) is 80.1 Å². The Morgan fingerprint density at radius 1 is 1.23 bits per heavy atom. The van der Waals surface area contributed by atoms with Crippen molar-refractivity contribution >= 4 is 5.82 Å². The van der Waals surface area contributed by atoms with Crippen molar-refractivity contribution in [3.05, 3.63) is 46.6 Å². The molecule has 1 aromatic heterocycles. The van der Waals surface area contributed by atoms with Gasteiger partial charge in [-0.05, 0) is 38.3 Å². The Labute approximate surface area is 154 Å². The molecule has 26 heavy (non-hydrogen) atoms. The summed E-state index contributed by atoms with van der Waals surface area (Å²) < 4.78 is 11.2. The second-order valence-electron chi connectivity index (χ2n) is 6.69. The van der Waals surface area contributed by atoms with E-state index < -0.39 is 0 Å². The molecule has 0 aliphatic carbocycles. The minimum Gasteiger partial charge on any atom is -0.496 e. The molecule has 0 radical (unpaired) electrons. The van der Waals surface area contributed by atoms with Crippen LogP contribution in [0.4, 0.5) is 5.82 Å². The van der Waals surface area contributed by atoms with Gasteiger partial charge in [-0.1, -0.05) is 18.2 Å². The predicted molar refractivity (Wildman–Crippen MR) is 99.4 cm³/mol. The fourth-order valence-electron chi connectivity index (χ4n) is 3.51. The summed E-state index contributed by atoms with van der Waals surface area (Å²) in [6.45, 7) is 5.80. The summed E-state index contributed by atoms with van der Waals surface area (Å²) >= 11 is 0. The van der Waals surface area contributed by atoms with Gasteiger partial charge in [-0.15, -0.1) is 5.10 Å². The van der Waals surface area contributed by atoms with Gasteiger partial charge in [0.1, 0.15) is 17.4 Å². The highest BCUT2D eigenvalue weighted by Crippen LogP contribution is 2.40. The van der Waals surface area contributed by atoms with E-state index in [9.17, 15) is 5.26 Å². The summed E-state index contributed by atoms with van der Waals surface area (Å²) in [4.78, 5) is 0. The molecule has 2 aromatic rings. The Bertz CT molecular complexity index is 823. The van der Waals surface area contributed by atoms with Crippen LogP contribution in [-0.2, 0) is 10.2 Å². The first-order valence-corrected chi connectivity index (χ1v) is 8.80. The quantitative estimate of drug-likeness (QED) is 0.890. The monoisotopic (exact) mass is 352 g/mol. The molecular formula is C20H24N4O2. The lowest BCUT2D eigenvalue weighted by Gasteiger charge is -2.38. The van der Waals surface area contributed by atoms with Crippen LogP contribution in [0.3, 0.4) is 0 Å². The number of methoxy groups -OCH3 is 1. The van der Waals surface area contributed by atoms with Crippen LogP contribution < -0.4 is 10.1 Å². The van der Waals surface area contributed by atoms with Crippen molar-refractivity contribution in [3.63, 3.8) is 0 Å². The minimum atomic E-state index is -0.141. The normalized spacial score (nSPS) is 15.9. The molecular weight excluding hydrogens is 328 g/mol. The number of aryl methyl sites for hydroxylation is 1. The standard InChI is InChI=1S/C20H24N4O2/c1-14-15(2)23-24-19(16(14)12-21)22-13-20(8-10-26-11-9-20)17-6-4-5-7-18(17)25-3/h4-7H,8-11,13H2,1-3H3,(H,22,24). The lowest BCUT2D eigenvalue weighted by Crippen LogP contribution is -2.40. The number of hydrogen-bond donors (Lipinski definition) is 1. The molecule has 6 heteroatoms. The van der Waals surface area contributed by atoms with Gasteiger partial charge in [0.15, 0.2) is 5.82 Å². The molecule has 2 heterocycles. The van der Waals surface area contributed by atoms with E-state index in [1.807, 2.05) is 32.0 Å². The lowest BCUT2D eigenvalue weighted by atomic mass is 9.73. The number of benzene rings is 1. The van der Waals surface area contributed by atoms with Crippen LogP contribution in [0, 0.1) is 25.2 Å². The van der Waals surface area contributed by atoms with Gasteiger partial charge in [-0.25, -0.2) is 0 Å². The molecule has 0 unspecified atom stereocenters. The molecule has 1 aliphatic heterocycles. The molecule has 0 atom stereocenters. The van der Waals surface area contributed by atoms with E-state index >= 15 is 0 Å². The van der Waals surface area contributed by atoms with Gasteiger partial charge in [0, 0.05) is 30.7 Å². The average molecular weight is 352 g/mol. The highest BCUT2D eigenvalue weighted by atomic mass is 16.5. The van der Waals surface area contributed by atoms with Crippen molar-refractivity contribution in [2.75, 3.05) is 32.2 Å². The van der Waals surface area contributed by atoms with Gasteiger partial charge < -0.3 is 14.8 Å². The summed E-state index contributed by atoms with van der Waals surface area (Å²) in [7, 11) is 1.70. The summed E-state index contributed by atoms with van der Waals surface area (Å²) in [5.74, 6) is 1.42. The van der Waals surface area contributed by atoms with Crippen molar-refractivity contribution < 1.29 is 9.47 Å². The van der Waals surface area contributed by atoms with E-state index in [0.29, 0.717) is 31.1 Å². The molecule has 1 N–H and O–H groups in total. The first-order valence-electron chi connectivity index (χ1n) is 8.80. The van der Waals surface area contributed by atoms with E-state index in [0.717, 1.165) is 35.4 Å². The second-order valence-corrected chi connectivity index (χ2v) is 6.69. The molecule has 6 nitrogen and oxygen atoms in total. The molecule has 1 saturated heterocycles. The smallest absolute Gasteiger partial charge is 0.166 e. The highest BCUT2D eigenvalue weighted by molar-refractivity contribution is 5.56. The van der Waals surface area contributed by atoms with Crippen molar-refractivity contribution in [1.82, 2.24) is 10.2 Å². The first-order chi connectivity index (χ1) is 12.6. The Hall–Kier alpha value is -2.65. The molecule has 0 bridgehead atoms. The van der Waals surface area contributed by atoms with Gasteiger partial charge in [0.2, 0.25) is 0 Å². The Morgan fingerprint density at radius 2 is 1.96 bits per heavy atom. The number of rotatable bonds is 5. The molecule has 3 rings (SSSR count). The minimum absolute atomic E-state index is 0.141. The number of nitrogens with one attached hydrogen (secondary N) is 1. The number of nitriles is 1. The van der Waals surface area contributed by atoms with Gasteiger partial charge in [0.05, 0.1) is 12.8 Å². The molecule has 0 saturated carbocycles. The van der Waals surface area contributed by atoms with Crippen LogP contribution >= 0.6 is 0 Å². The summed E-state index contributed by atoms with van der Waals surface area (Å²) in [6, 6.07) is 10.4.